The molecular formula is C18H20N4O3. The van der Waals surface area contributed by atoms with Crippen molar-refractivity contribution in [2.24, 2.45) is 0 Å². The lowest BCUT2D eigenvalue weighted by molar-refractivity contribution is 0.0690. The first-order valence-electron chi connectivity index (χ1n) is 8.15. The Balaban J connectivity index is 1.60. The molecule has 1 unspecified atom stereocenters. The Kier molecular flexibility index (Phi) is 4.83. The second-order valence-corrected chi connectivity index (χ2v) is 6.07. The second-order valence-electron chi connectivity index (χ2n) is 6.07. The summed E-state index contributed by atoms with van der Waals surface area (Å²) in [4.78, 5) is 26.7. The van der Waals surface area contributed by atoms with E-state index < -0.39 is 5.97 Å². The number of aromatic carboxylic acids is 1. The lowest BCUT2D eigenvalue weighted by Gasteiger charge is -2.16. The van der Waals surface area contributed by atoms with Crippen LogP contribution < -0.4 is 16.0 Å². The third kappa shape index (κ3) is 4.69. The van der Waals surface area contributed by atoms with Crippen molar-refractivity contribution in [3.05, 3.63) is 53.7 Å². The largest absolute Gasteiger partial charge is 0.477 e. The quantitative estimate of drug-likeness (QED) is 0.646. The van der Waals surface area contributed by atoms with Crippen LogP contribution in [0.4, 0.5) is 16.3 Å². The number of carbonyl (C=O) groups is 2. The number of rotatable bonds is 6. The van der Waals surface area contributed by atoms with Crippen LogP contribution in [0.25, 0.3) is 0 Å². The molecule has 1 fully saturated rings. The number of amides is 2. The molecule has 4 N–H and O–H groups in total. The van der Waals surface area contributed by atoms with Crippen LogP contribution in [0.3, 0.4) is 0 Å². The normalized spacial score (nSPS) is 14.4. The average molecular weight is 340 g/mol. The Morgan fingerprint density at radius 2 is 1.88 bits per heavy atom. The lowest BCUT2D eigenvalue weighted by Crippen LogP contribution is -2.30. The summed E-state index contributed by atoms with van der Waals surface area (Å²) in [5.41, 5.74) is 1.72. The van der Waals surface area contributed by atoms with Gasteiger partial charge < -0.3 is 21.1 Å². The maximum absolute atomic E-state index is 11.7. The number of benzene rings is 1. The highest BCUT2D eigenvalue weighted by atomic mass is 16.4. The van der Waals surface area contributed by atoms with E-state index in [-0.39, 0.29) is 17.8 Å². The van der Waals surface area contributed by atoms with Crippen LogP contribution in [-0.4, -0.2) is 28.1 Å². The van der Waals surface area contributed by atoms with E-state index in [1.807, 2.05) is 31.2 Å². The summed E-state index contributed by atoms with van der Waals surface area (Å²) < 4.78 is 0. The maximum atomic E-state index is 11.7. The first kappa shape index (κ1) is 16.8. The Morgan fingerprint density at radius 3 is 2.52 bits per heavy atom. The number of hydrogen-bond donors (Lipinski definition) is 4. The van der Waals surface area contributed by atoms with E-state index in [1.165, 1.54) is 6.07 Å². The van der Waals surface area contributed by atoms with Gasteiger partial charge in [-0.3, -0.25) is 0 Å². The van der Waals surface area contributed by atoms with Crippen LogP contribution >= 0.6 is 0 Å². The predicted octanol–water partition coefficient (Wildman–Crippen LogP) is 3.24. The third-order valence-corrected chi connectivity index (χ3v) is 3.91. The molecule has 1 aromatic heterocycles. The molecule has 1 atom stereocenters. The topological polar surface area (TPSA) is 103 Å². The fourth-order valence-corrected chi connectivity index (χ4v) is 2.37. The fourth-order valence-electron chi connectivity index (χ4n) is 2.37. The van der Waals surface area contributed by atoms with E-state index >= 15 is 0 Å². The van der Waals surface area contributed by atoms with E-state index in [2.05, 4.69) is 20.9 Å². The molecule has 1 aliphatic carbocycles. The summed E-state index contributed by atoms with van der Waals surface area (Å²) in [6, 6.07) is 12.4. The molecule has 1 aliphatic rings. The van der Waals surface area contributed by atoms with Crippen LogP contribution in [-0.2, 0) is 0 Å². The number of nitrogens with zero attached hydrogens (tertiary/aromatic N) is 1. The van der Waals surface area contributed by atoms with Gasteiger partial charge in [0, 0.05) is 17.8 Å². The number of carboxylic acids is 1. The SMILES string of the molecule is CC(Nc1cccc(C(=O)O)n1)c1ccc(NC(=O)NC2CC2)cc1. The summed E-state index contributed by atoms with van der Waals surface area (Å²) >= 11 is 0. The van der Waals surface area contributed by atoms with Crippen molar-refractivity contribution >= 4 is 23.5 Å². The van der Waals surface area contributed by atoms with Gasteiger partial charge in [0.2, 0.25) is 0 Å². The van der Waals surface area contributed by atoms with Crippen LogP contribution in [0.15, 0.2) is 42.5 Å². The van der Waals surface area contributed by atoms with Crippen LogP contribution in [0.2, 0.25) is 0 Å². The minimum Gasteiger partial charge on any atom is -0.477 e. The molecule has 7 nitrogen and oxygen atoms in total. The van der Waals surface area contributed by atoms with Gasteiger partial charge in [-0.25, -0.2) is 14.6 Å². The number of hydrogen-bond acceptors (Lipinski definition) is 4. The van der Waals surface area contributed by atoms with Gasteiger partial charge in [0.15, 0.2) is 5.69 Å². The molecule has 0 saturated heterocycles. The first-order valence-corrected chi connectivity index (χ1v) is 8.15. The van der Waals surface area contributed by atoms with Crippen molar-refractivity contribution in [3.8, 4) is 0 Å². The first-order chi connectivity index (χ1) is 12.0. The van der Waals surface area contributed by atoms with Crippen LogP contribution in [0, 0.1) is 0 Å². The molecule has 0 bridgehead atoms. The predicted molar refractivity (Wildman–Crippen MR) is 94.9 cm³/mol. The van der Waals surface area contributed by atoms with Crippen LogP contribution in [0.5, 0.6) is 0 Å². The van der Waals surface area contributed by atoms with Gasteiger partial charge in [-0.2, -0.15) is 0 Å². The molecule has 1 saturated carbocycles. The number of nitrogens with one attached hydrogen (secondary N) is 3. The van der Waals surface area contributed by atoms with Crippen molar-refractivity contribution in [1.82, 2.24) is 10.3 Å². The highest BCUT2D eigenvalue weighted by Crippen LogP contribution is 2.21. The minimum absolute atomic E-state index is 0.00146. The van der Waals surface area contributed by atoms with Gasteiger partial charge in [0.05, 0.1) is 0 Å². The number of aromatic nitrogens is 1. The summed E-state index contributed by atoms with van der Waals surface area (Å²) in [6.07, 6.45) is 2.10. The van der Waals surface area contributed by atoms with Crippen molar-refractivity contribution in [1.29, 1.82) is 0 Å². The molecule has 0 spiro atoms. The van der Waals surface area contributed by atoms with E-state index in [4.69, 9.17) is 5.11 Å². The van der Waals surface area contributed by atoms with Gasteiger partial charge >= 0.3 is 12.0 Å². The number of pyridine rings is 1. The van der Waals surface area contributed by atoms with E-state index in [1.54, 1.807) is 12.1 Å². The number of carbonyl (C=O) groups excluding carboxylic acids is 1. The summed E-state index contributed by atoms with van der Waals surface area (Å²) in [7, 11) is 0. The van der Waals surface area contributed by atoms with E-state index in [0.717, 1.165) is 24.1 Å². The van der Waals surface area contributed by atoms with Gasteiger partial charge in [-0.15, -0.1) is 0 Å². The van der Waals surface area contributed by atoms with Gasteiger partial charge in [0.25, 0.3) is 0 Å². The minimum atomic E-state index is -1.06. The monoisotopic (exact) mass is 340 g/mol. The second kappa shape index (κ2) is 7.21. The van der Waals surface area contributed by atoms with Crippen molar-refractivity contribution in [2.45, 2.75) is 31.8 Å². The zero-order valence-corrected chi connectivity index (χ0v) is 13.8. The van der Waals surface area contributed by atoms with Crippen molar-refractivity contribution in [2.75, 3.05) is 10.6 Å². The molecule has 0 radical (unpaired) electrons. The molecule has 7 heteroatoms. The molecule has 25 heavy (non-hydrogen) atoms. The zero-order valence-electron chi connectivity index (χ0n) is 13.8. The van der Waals surface area contributed by atoms with Crippen LogP contribution in [0.1, 0.15) is 41.9 Å². The van der Waals surface area contributed by atoms with E-state index in [9.17, 15) is 9.59 Å². The molecular weight excluding hydrogens is 320 g/mol. The molecule has 2 amide bonds. The molecule has 0 aliphatic heterocycles. The van der Waals surface area contributed by atoms with Gasteiger partial charge in [-0.05, 0) is 49.6 Å². The van der Waals surface area contributed by atoms with Gasteiger partial charge in [0.1, 0.15) is 5.82 Å². The highest BCUT2D eigenvalue weighted by Gasteiger charge is 2.23. The molecule has 2 aromatic rings. The number of carboxylic acid groups (broad SMARTS) is 1. The molecule has 1 heterocycles. The van der Waals surface area contributed by atoms with Crippen molar-refractivity contribution < 1.29 is 14.7 Å². The molecule has 1 aromatic carbocycles. The molecule has 130 valence electrons. The molecule has 3 rings (SSSR count). The Labute approximate surface area is 145 Å². The summed E-state index contributed by atoms with van der Waals surface area (Å²) in [5, 5.41) is 17.8. The Hall–Kier alpha value is -3.09. The Bertz CT molecular complexity index is 772. The van der Waals surface area contributed by atoms with Crippen molar-refractivity contribution in [3.63, 3.8) is 0 Å². The third-order valence-electron chi connectivity index (χ3n) is 3.91. The van der Waals surface area contributed by atoms with E-state index in [0.29, 0.717) is 11.9 Å². The number of anilines is 2. The average Bonchev–Trinajstić information content (AvgIpc) is 3.39. The summed E-state index contributed by atoms with van der Waals surface area (Å²) in [6.45, 7) is 1.96. The fraction of sp³-hybridized carbons (Fsp3) is 0.278. The zero-order chi connectivity index (χ0) is 17.8. The number of urea groups is 1. The van der Waals surface area contributed by atoms with Gasteiger partial charge in [-0.1, -0.05) is 18.2 Å². The smallest absolute Gasteiger partial charge is 0.354 e. The standard InChI is InChI=1S/C18H20N4O3/c1-11(19-16-4-2-3-15(22-16)17(23)24)12-5-7-13(8-6-12)20-18(25)21-14-9-10-14/h2-8,11,14H,9-10H2,1H3,(H,19,22)(H,23,24)(H2,20,21,25). The lowest BCUT2D eigenvalue weighted by atomic mass is 10.1. The summed E-state index contributed by atoms with van der Waals surface area (Å²) in [5.74, 6) is -0.561. The maximum Gasteiger partial charge on any atom is 0.354 e. The highest BCUT2D eigenvalue weighted by molar-refractivity contribution is 5.89. The Morgan fingerprint density at radius 1 is 1.16 bits per heavy atom.